The molecule has 1 heterocycles. The minimum Gasteiger partial charge on any atom is -0.493 e. The van der Waals surface area contributed by atoms with Crippen molar-refractivity contribution in [1.29, 1.82) is 0 Å². The number of hydrogen-bond acceptors (Lipinski definition) is 6. The molecule has 1 aromatic heterocycles. The van der Waals surface area contributed by atoms with Crippen LogP contribution < -0.4 is 20.5 Å². The molecule has 0 unspecified atom stereocenters. The number of rotatable bonds is 7. The molecule has 0 amide bonds. The van der Waals surface area contributed by atoms with Crippen LogP contribution in [-0.2, 0) is 0 Å². The van der Waals surface area contributed by atoms with Gasteiger partial charge in [-0.05, 0) is 35.9 Å². The fourth-order valence-corrected chi connectivity index (χ4v) is 3.36. The van der Waals surface area contributed by atoms with Gasteiger partial charge in [0.25, 0.3) is 0 Å². The van der Waals surface area contributed by atoms with Crippen molar-refractivity contribution in [2.75, 3.05) is 32.6 Å². The van der Waals surface area contributed by atoms with Crippen molar-refractivity contribution in [3.8, 4) is 22.9 Å². The number of benzene rings is 3. The summed E-state index contributed by atoms with van der Waals surface area (Å²) in [5, 5.41) is 6.61. The number of hydrogen-bond donors (Lipinski definition) is 2. The number of fused-ring (bicyclic) bond motifs is 2. The first-order valence-corrected chi connectivity index (χ1v) is 9.60. The Morgan fingerprint density at radius 1 is 0.897 bits per heavy atom. The molecule has 0 saturated heterocycles. The zero-order chi connectivity index (χ0) is 20.2. The summed E-state index contributed by atoms with van der Waals surface area (Å²) in [4.78, 5) is 9.64. The summed E-state index contributed by atoms with van der Waals surface area (Å²) < 4.78 is 10.9. The van der Waals surface area contributed by atoms with Crippen molar-refractivity contribution in [3.63, 3.8) is 0 Å². The maximum absolute atomic E-state index is 5.65. The van der Waals surface area contributed by atoms with E-state index in [0.717, 1.165) is 40.6 Å². The fourth-order valence-electron chi connectivity index (χ4n) is 3.36. The van der Waals surface area contributed by atoms with Crippen molar-refractivity contribution in [3.05, 3.63) is 54.6 Å². The molecule has 0 fully saturated rings. The lowest BCUT2D eigenvalue weighted by Gasteiger charge is -2.14. The molecule has 0 radical (unpaired) electrons. The monoisotopic (exact) mass is 388 g/mol. The summed E-state index contributed by atoms with van der Waals surface area (Å²) in [6.07, 6.45) is 0.851. The molecule has 0 bridgehead atoms. The van der Waals surface area contributed by atoms with Gasteiger partial charge < -0.3 is 20.5 Å². The van der Waals surface area contributed by atoms with Crippen LogP contribution in [0.25, 0.3) is 33.1 Å². The van der Waals surface area contributed by atoms with Crippen LogP contribution in [-0.4, -0.2) is 37.3 Å². The number of nitrogens with two attached hydrogens (primary N) is 1. The Labute approximate surface area is 169 Å². The van der Waals surface area contributed by atoms with E-state index in [2.05, 4.69) is 29.6 Å². The van der Waals surface area contributed by atoms with Gasteiger partial charge in [0.1, 0.15) is 5.82 Å². The van der Waals surface area contributed by atoms with Gasteiger partial charge in [-0.1, -0.05) is 36.4 Å². The Morgan fingerprint density at radius 2 is 1.66 bits per heavy atom. The standard InChI is InChI=1S/C23H24N4O2/c1-28-20-13-18-19(14-21(20)29-2)26-22(27-23(18)25-11-5-10-24)17-9-8-15-6-3-4-7-16(15)12-17/h3-4,6-9,12-14H,5,10-11,24H2,1-2H3,(H,25,26,27). The molecule has 0 spiro atoms. The fraction of sp³-hybridized carbons (Fsp3) is 0.217. The van der Waals surface area contributed by atoms with Crippen molar-refractivity contribution in [2.24, 2.45) is 5.73 Å². The van der Waals surface area contributed by atoms with Crippen LogP contribution in [0.4, 0.5) is 5.82 Å². The van der Waals surface area contributed by atoms with Crippen LogP contribution in [0.3, 0.4) is 0 Å². The van der Waals surface area contributed by atoms with Crippen molar-refractivity contribution < 1.29 is 9.47 Å². The number of ether oxygens (including phenoxy) is 2. The summed E-state index contributed by atoms with van der Waals surface area (Å²) >= 11 is 0. The average Bonchev–Trinajstić information content (AvgIpc) is 2.77. The molecule has 6 nitrogen and oxygen atoms in total. The molecule has 3 N–H and O–H groups in total. The van der Waals surface area contributed by atoms with Crippen molar-refractivity contribution in [2.45, 2.75) is 6.42 Å². The van der Waals surface area contributed by atoms with E-state index in [1.807, 2.05) is 30.3 Å². The molecule has 0 saturated carbocycles. The van der Waals surface area contributed by atoms with E-state index in [1.165, 1.54) is 5.39 Å². The lowest BCUT2D eigenvalue weighted by molar-refractivity contribution is 0.356. The largest absolute Gasteiger partial charge is 0.493 e. The maximum atomic E-state index is 5.65. The highest BCUT2D eigenvalue weighted by molar-refractivity contribution is 5.94. The molecule has 4 aromatic rings. The Morgan fingerprint density at radius 3 is 2.41 bits per heavy atom. The maximum Gasteiger partial charge on any atom is 0.162 e. The Hall–Kier alpha value is -3.38. The van der Waals surface area contributed by atoms with Gasteiger partial charge in [-0.3, -0.25) is 0 Å². The average molecular weight is 388 g/mol. The lowest BCUT2D eigenvalue weighted by Crippen LogP contribution is -2.10. The molecule has 148 valence electrons. The third kappa shape index (κ3) is 3.79. The quantitative estimate of drug-likeness (QED) is 0.461. The smallest absolute Gasteiger partial charge is 0.162 e. The molecule has 0 aliphatic carbocycles. The van der Waals surface area contributed by atoms with Gasteiger partial charge in [0.15, 0.2) is 17.3 Å². The molecule has 4 rings (SSSR count). The van der Waals surface area contributed by atoms with Crippen molar-refractivity contribution in [1.82, 2.24) is 9.97 Å². The van der Waals surface area contributed by atoms with E-state index in [1.54, 1.807) is 14.2 Å². The van der Waals surface area contributed by atoms with Crippen LogP contribution in [0.15, 0.2) is 54.6 Å². The second kappa shape index (κ2) is 8.32. The van der Waals surface area contributed by atoms with E-state index in [0.29, 0.717) is 23.9 Å². The number of aromatic nitrogens is 2. The molecular formula is C23H24N4O2. The number of anilines is 1. The second-order valence-corrected chi connectivity index (χ2v) is 6.75. The van der Waals surface area contributed by atoms with Gasteiger partial charge in [-0.2, -0.15) is 0 Å². The molecule has 29 heavy (non-hydrogen) atoms. The highest BCUT2D eigenvalue weighted by Crippen LogP contribution is 2.35. The SMILES string of the molecule is COc1cc2nc(-c3ccc4ccccc4c3)nc(NCCCN)c2cc1OC. The summed E-state index contributed by atoms with van der Waals surface area (Å²) in [6.45, 7) is 1.35. The third-order valence-electron chi connectivity index (χ3n) is 4.88. The zero-order valence-electron chi connectivity index (χ0n) is 16.6. The molecule has 6 heteroatoms. The van der Waals surface area contributed by atoms with E-state index < -0.39 is 0 Å². The first-order valence-electron chi connectivity index (χ1n) is 9.60. The highest BCUT2D eigenvalue weighted by atomic mass is 16.5. The number of methoxy groups -OCH3 is 2. The summed E-state index contributed by atoms with van der Waals surface area (Å²) in [5.74, 6) is 2.69. The normalized spacial score (nSPS) is 11.0. The predicted octanol–water partition coefficient (Wildman–Crippen LogP) is 4.23. The Bertz CT molecular complexity index is 1160. The summed E-state index contributed by atoms with van der Waals surface area (Å²) in [6, 6.07) is 18.3. The van der Waals surface area contributed by atoms with Gasteiger partial charge in [0.05, 0.1) is 19.7 Å². The van der Waals surface area contributed by atoms with E-state index in [4.69, 9.17) is 25.2 Å². The van der Waals surface area contributed by atoms with Gasteiger partial charge in [-0.25, -0.2) is 9.97 Å². The Balaban J connectivity index is 1.88. The highest BCUT2D eigenvalue weighted by Gasteiger charge is 2.14. The molecular weight excluding hydrogens is 364 g/mol. The lowest BCUT2D eigenvalue weighted by atomic mass is 10.1. The minimum absolute atomic E-state index is 0.616. The first kappa shape index (κ1) is 19.0. The minimum atomic E-state index is 0.616. The Kier molecular flexibility index (Phi) is 5.44. The van der Waals surface area contributed by atoms with E-state index in [-0.39, 0.29) is 0 Å². The van der Waals surface area contributed by atoms with Crippen LogP contribution in [0.1, 0.15) is 6.42 Å². The molecule has 0 atom stereocenters. The molecule has 0 aliphatic heterocycles. The molecule has 0 aliphatic rings. The summed E-state index contributed by atoms with van der Waals surface area (Å²) in [7, 11) is 3.24. The van der Waals surface area contributed by atoms with Gasteiger partial charge in [-0.15, -0.1) is 0 Å². The van der Waals surface area contributed by atoms with E-state index >= 15 is 0 Å². The zero-order valence-corrected chi connectivity index (χ0v) is 16.6. The summed E-state index contributed by atoms with van der Waals surface area (Å²) in [5.41, 5.74) is 7.40. The first-order chi connectivity index (χ1) is 14.2. The van der Waals surface area contributed by atoms with Crippen LogP contribution in [0.5, 0.6) is 11.5 Å². The van der Waals surface area contributed by atoms with Crippen LogP contribution in [0, 0.1) is 0 Å². The number of nitrogens with one attached hydrogen (secondary N) is 1. The van der Waals surface area contributed by atoms with Gasteiger partial charge in [0.2, 0.25) is 0 Å². The van der Waals surface area contributed by atoms with Crippen LogP contribution >= 0.6 is 0 Å². The molecule has 3 aromatic carbocycles. The van der Waals surface area contributed by atoms with E-state index in [9.17, 15) is 0 Å². The van der Waals surface area contributed by atoms with Crippen molar-refractivity contribution >= 4 is 27.5 Å². The predicted molar refractivity (Wildman–Crippen MR) is 118 cm³/mol. The topological polar surface area (TPSA) is 82.3 Å². The third-order valence-corrected chi connectivity index (χ3v) is 4.88. The number of nitrogens with zero attached hydrogens (tertiary/aromatic N) is 2. The van der Waals surface area contributed by atoms with Crippen LogP contribution in [0.2, 0.25) is 0 Å². The second-order valence-electron chi connectivity index (χ2n) is 6.75. The van der Waals surface area contributed by atoms with Gasteiger partial charge >= 0.3 is 0 Å². The van der Waals surface area contributed by atoms with Gasteiger partial charge in [0, 0.05) is 23.6 Å².